The molecule has 72 heavy (non-hydrogen) atoms. The lowest BCUT2D eigenvalue weighted by Gasteiger charge is -2.28. The average Bonchev–Trinajstić information content (AvgIpc) is 4.12. The highest BCUT2D eigenvalue weighted by Gasteiger charge is 2.30. The monoisotopic (exact) mass is 918 g/mol. The van der Waals surface area contributed by atoms with Crippen LogP contribution in [0.15, 0.2) is 266 Å². The lowest BCUT2D eigenvalue weighted by atomic mass is 9.82. The summed E-state index contributed by atoms with van der Waals surface area (Å²) in [6, 6.07) is 85.9. The Bertz CT molecular complexity index is 4030. The molecule has 9 aromatic carbocycles. The van der Waals surface area contributed by atoms with Crippen molar-refractivity contribution in [2.75, 3.05) is 0 Å². The van der Waals surface area contributed by atoms with Gasteiger partial charge in [0.1, 0.15) is 6.04 Å². The second-order valence-electron chi connectivity index (χ2n) is 18.8. The molecule has 2 unspecified atom stereocenters. The van der Waals surface area contributed by atoms with E-state index in [0.717, 1.165) is 106 Å². The van der Waals surface area contributed by atoms with Crippen LogP contribution in [0.3, 0.4) is 0 Å². The molecule has 0 bridgehead atoms. The molecule has 14 rings (SSSR count). The average molecular weight is 919 g/mol. The van der Waals surface area contributed by atoms with Crippen LogP contribution in [0.5, 0.6) is 0 Å². The van der Waals surface area contributed by atoms with E-state index in [1.807, 2.05) is 12.3 Å². The van der Waals surface area contributed by atoms with Crippen LogP contribution in [-0.4, -0.2) is 19.8 Å². The van der Waals surface area contributed by atoms with Gasteiger partial charge in [-0.3, -0.25) is 9.98 Å². The molecular formula is C68H46N4. The second kappa shape index (κ2) is 17.2. The van der Waals surface area contributed by atoms with E-state index in [9.17, 15) is 0 Å². The molecule has 0 spiro atoms. The number of aromatic nitrogens is 3. The van der Waals surface area contributed by atoms with Crippen molar-refractivity contribution < 1.29 is 0 Å². The summed E-state index contributed by atoms with van der Waals surface area (Å²) in [6.07, 6.45) is 11.0. The van der Waals surface area contributed by atoms with Gasteiger partial charge in [-0.15, -0.1) is 0 Å². The van der Waals surface area contributed by atoms with Gasteiger partial charge in [0.25, 0.3) is 0 Å². The number of hydrogen-bond donors (Lipinski definition) is 0. The number of nitrogens with zero attached hydrogens (tertiary/aromatic N) is 4. The maximum Gasteiger partial charge on any atom is 0.103 e. The molecule has 0 saturated carbocycles. The highest BCUT2D eigenvalue weighted by molar-refractivity contribution is 6.29. The summed E-state index contributed by atoms with van der Waals surface area (Å²) in [7, 11) is 0. The van der Waals surface area contributed by atoms with Crippen LogP contribution in [-0.2, 0) is 0 Å². The standard InChI is InChI=1S/C68H46N4/c1-5-17-46(18-6-1)61-37-38-62(47-19-7-2-8-20-47)71(61)54-33-35-57-58(43-54)65(53-30-27-45-16-13-14-25-52(45)42-53)56-34-32-55(72-63(48-21-9-3-10-22-48)39-40-64(72)49-23-11-4-12-24-49)44-59(56)66(57)60-36-31-51-29-28-50-26-15-41-69-67(50)68(51)70-60/h1-44,51,68H. The quantitative estimate of drug-likeness (QED) is 0.140. The van der Waals surface area contributed by atoms with Crippen LogP contribution in [0.25, 0.3) is 106 Å². The topological polar surface area (TPSA) is 35.1 Å². The number of benzene rings is 9. The maximum atomic E-state index is 5.77. The van der Waals surface area contributed by atoms with Crippen molar-refractivity contribution in [3.63, 3.8) is 0 Å². The van der Waals surface area contributed by atoms with E-state index in [1.54, 1.807) is 0 Å². The molecule has 3 aromatic heterocycles. The normalized spacial score (nSPS) is 14.9. The van der Waals surface area contributed by atoms with Crippen LogP contribution in [0, 0.1) is 5.92 Å². The maximum absolute atomic E-state index is 5.77. The van der Waals surface area contributed by atoms with E-state index in [1.165, 1.54) is 16.3 Å². The summed E-state index contributed by atoms with van der Waals surface area (Å²) in [5.74, 6) is 0.107. The molecule has 2 aliphatic rings. The number of pyridine rings is 1. The number of dihydropyridines is 1. The highest BCUT2D eigenvalue weighted by Crippen LogP contribution is 2.46. The molecule has 338 valence electrons. The first kappa shape index (κ1) is 41.6. The van der Waals surface area contributed by atoms with Crippen molar-refractivity contribution in [2.24, 2.45) is 10.9 Å². The van der Waals surface area contributed by atoms with E-state index >= 15 is 0 Å². The lowest BCUT2D eigenvalue weighted by molar-refractivity contribution is 0.591. The summed E-state index contributed by atoms with van der Waals surface area (Å²) < 4.78 is 4.86. The third kappa shape index (κ3) is 6.99. The molecule has 1 aliphatic heterocycles. The van der Waals surface area contributed by atoms with Crippen molar-refractivity contribution in [1.29, 1.82) is 0 Å². The van der Waals surface area contributed by atoms with Gasteiger partial charge >= 0.3 is 0 Å². The Morgan fingerprint density at radius 2 is 0.833 bits per heavy atom. The first-order valence-corrected chi connectivity index (χ1v) is 24.8. The summed E-state index contributed by atoms with van der Waals surface area (Å²) in [4.78, 5) is 10.7. The molecule has 12 aromatic rings. The van der Waals surface area contributed by atoms with Gasteiger partial charge < -0.3 is 9.13 Å². The van der Waals surface area contributed by atoms with E-state index < -0.39 is 0 Å². The lowest BCUT2D eigenvalue weighted by Crippen LogP contribution is -2.19. The summed E-state index contributed by atoms with van der Waals surface area (Å²) in [6.45, 7) is 0. The predicted octanol–water partition coefficient (Wildman–Crippen LogP) is 17.2. The molecule has 1 aliphatic carbocycles. The summed E-state index contributed by atoms with van der Waals surface area (Å²) >= 11 is 0. The Morgan fingerprint density at radius 1 is 0.347 bits per heavy atom. The zero-order valence-corrected chi connectivity index (χ0v) is 39.3. The Kier molecular flexibility index (Phi) is 9.95. The first-order valence-electron chi connectivity index (χ1n) is 24.8. The number of fused-ring (bicyclic) bond motifs is 6. The smallest absolute Gasteiger partial charge is 0.103 e. The Labute approximate surface area is 418 Å². The minimum atomic E-state index is -0.153. The largest absolute Gasteiger partial charge is 0.309 e. The third-order valence-corrected chi connectivity index (χ3v) is 14.7. The fourth-order valence-electron chi connectivity index (χ4n) is 11.4. The summed E-state index contributed by atoms with van der Waals surface area (Å²) in [5.41, 5.74) is 17.8. The van der Waals surface area contributed by atoms with Crippen molar-refractivity contribution >= 4 is 44.1 Å². The van der Waals surface area contributed by atoms with E-state index in [0.29, 0.717) is 0 Å². The predicted molar refractivity (Wildman–Crippen MR) is 300 cm³/mol. The van der Waals surface area contributed by atoms with Crippen LogP contribution in [0.4, 0.5) is 0 Å². The minimum absolute atomic E-state index is 0.107. The molecule has 0 saturated heterocycles. The minimum Gasteiger partial charge on any atom is -0.309 e. The third-order valence-electron chi connectivity index (χ3n) is 14.7. The molecule has 0 N–H and O–H groups in total. The number of hydrogen-bond acceptors (Lipinski definition) is 2. The number of rotatable bonds is 8. The SMILES string of the molecule is C1=CC2C=Cc3cccnc3C2N=C1c1c2cc(-n3c(-c4ccccc4)ccc3-c3ccccc3)ccc2c(-c2ccc3ccccc3c2)c2cc(-n3c(-c4ccccc4)ccc3-c3ccccc3)ccc12. The van der Waals surface area contributed by atoms with E-state index in [-0.39, 0.29) is 12.0 Å². The molecule has 0 radical (unpaired) electrons. The van der Waals surface area contributed by atoms with Crippen LogP contribution >= 0.6 is 0 Å². The Balaban J connectivity index is 1.10. The van der Waals surface area contributed by atoms with Crippen LogP contribution in [0.2, 0.25) is 0 Å². The van der Waals surface area contributed by atoms with E-state index in [4.69, 9.17) is 9.98 Å². The molecule has 4 nitrogen and oxygen atoms in total. The van der Waals surface area contributed by atoms with Gasteiger partial charge in [-0.1, -0.05) is 194 Å². The van der Waals surface area contributed by atoms with Gasteiger partial charge in [0, 0.05) is 29.1 Å². The molecule has 0 amide bonds. The van der Waals surface area contributed by atoms with Gasteiger partial charge in [0.15, 0.2) is 0 Å². The van der Waals surface area contributed by atoms with Crippen LogP contribution in [0.1, 0.15) is 22.9 Å². The fourth-order valence-corrected chi connectivity index (χ4v) is 11.4. The first-order chi connectivity index (χ1) is 35.7. The van der Waals surface area contributed by atoms with Crippen molar-refractivity contribution in [2.45, 2.75) is 6.04 Å². The molecule has 4 heterocycles. The van der Waals surface area contributed by atoms with Gasteiger partial charge in [0.2, 0.25) is 0 Å². The Hall–Kier alpha value is -9.38. The number of allylic oxidation sites excluding steroid dienone is 1. The molecule has 2 atom stereocenters. The Morgan fingerprint density at radius 3 is 1.39 bits per heavy atom. The zero-order valence-electron chi connectivity index (χ0n) is 39.3. The number of aliphatic imine (C=N–C) groups is 1. The summed E-state index contributed by atoms with van der Waals surface area (Å²) in [5, 5.41) is 6.99. The van der Waals surface area contributed by atoms with E-state index in [2.05, 4.69) is 264 Å². The van der Waals surface area contributed by atoms with Crippen molar-refractivity contribution in [1.82, 2.24) is 14.1 Å². The van der Waals surface area contributed by atoms with Gasteiger partial charge in [-0.25, -0.2) is 0 Å². The van der Waals surface area contributed by atoms with Crippen LogP contribution < -0.4 is 0 Å². The van der Waals surface area contributed by atoms with Gasteiger partial charge in [-0.2, -0.15) is 0 Å². The second-order valence-corrected chi connectivity index (χ2v) is 18.8. The fraction of sp³-hybridized carbons (Fsp3) is 0.0294. The van der Waals surface area contributed by atoms with Crippen molar-refractivity contribution in [3.8, 4) is 67.5 Å². The molecule has 4 heteroatoms. The molecule has 0 fully saturated rings. The van der Waals surface area contributed by atoms with Crippen molar-refractivity contribution in [3.05, 3.63) is 278 Å². The van der Waals surface area contributed by atoms with Gasteiger partial charge in [0.05, 0.1) is 34.2 Å². The van der Waals surface area contributed by atoms with Gasteiger partial charge in [-0.05, 0) is 138 Å². The molecular weight excluding hydrogens is 873 g/mol. The zero-order chi connectivity index (χ0) is 47.5. The highest BCUT2D eigenvalue weighted by atomic mass is 15.0.